The standard InChI is InChI=1S/C21H22N6O/c1-15(2)26-14-24-19-10-17(12-23-20(19)26)21(28)22-9-8-16-11-25-27(13-16)18-6-4-3-5-7-18/h3-7,10-15H,8-9H2,1-2H3,(H,22,28). The van der Waals surface area contributed by atoms with Crippen LogP contribution in [0.1, 0.15) is 35.8 Å². The maximum Gasteiger partial charge on any atom is 0.252 e. The van der Waals surface area contributed by atoms with Crippen LogP contribution in [0.2, 0.25) is 0 Å². The molecule has 4 aromatic rings. The maximum absolute atomic E-state index is 12.4. The quantitative estimate of drug-likeness (QED) is 0.562. The van der Waals surface area contributed by atoms with Gasteiger partial charge in [0.2, 0.25) is 0 Å². The number of para-hydroxylation sites is 1. The number of carbonyl (C=O) groups is 1. The van der Waals surface area contributed by atoms with E-state index in [1.54, 1.807) is 18.6 Å². The number of amides is 1. The Hall–Kier alpha value is -3.48. The molecule has 3 aromatic heterocycles. The van der Waals surface area contributed by atoms with Crippen molar-refractivity contribution >= 4 is 17.1 Å². The summed E-state index contributed by atoms with van der Waals surface area (Å²) in [6.45, 7) is 4.67. The lowest BCUT2D eigenvalue weighted by atomic mass is 10.2. The van der Waals surface area contributed by atoms with E-state index < -0.39 is 0 Å². The van der Waals surface area contributed by atoms with Gasteiger partial charge in [0.05, 0.1) is 23.8 Å². The van der Waals surface area contributed by atoms with Crippen LogP contribution in [0.25, 0.3) is 16.9 Å². The predicted molar refractivity (Wildman–Crippen MR) is 108 cm³/mol. The van der Waals surface area contributed by atoms with Crippen LogP contribution in [0.4, 0.5) is 0 Å². The number of aromatic nitrogens is 5. The lowest BCUT2D eigenvalue weighted by Crippen LogP contribution is -2.25. The molecule has 0 fully saturated rings. The van der Waals surface area contributed by atoms with Crippen LogP contribution in [-0.4, -0.2) is 36.8 Å². The van der Waals surface area contributed by atoms with Crippen LogP contribution in [0.15, 0.2) is 61.3 Å². The molecule has 0 spiro atoms. The van der Waals surface area contributed by atoms with Crippen molar-refractivity contribution in [3.63, 3.8) is 0 Å². The third kappa shape index (κ3) is 3.64. The first-order chi connectivity index (χ1) is 13.6. The SMILES string of the molecule is CC(C)n1cnc2cc(C(=O)NCCc3cnn(-c4ccccc4)c3)cnc21. The molecular formula is C21H22N6O. The molecule has 142 valence electrons. The average Bonchev–Trinajstić information content (AvgIpc) is 3.35. The van der Waals surface area contributed by atoms with Crippen molar-refractivity contribution < 1.29 is 4.79 Å². The highest BCUT2D eigenvalue weighted by atomic mass is 16.1. The van der Waals surface area contributed by atoms with Crippen LogP contribution in [-0.2, 0) is 6.42 Å². The fourth-order valence-corrected chi connectivity index (χ4v) is 3.05. The lowest BCUT2D eigenvalue weighted by Gasteiger charge is -2.07. The smallest absolute Gasteiger partial charge is 0.252 e. The summed E-state index contributed by atoms with van der Waals surface area (Å²) in [4.78, 5) is 21.2. The molecule has 0 aliphatic rings. The Balaban J connectivity index is 1.37. The van der Waals surface area contributed by atoms with Gasteiger partial charge in [-0.1, -0.05) is 18.2 Å². The van der Waals surface area contributed by atoms with Gasteiger partial charge in [0.1, 0.15) is 5.52 Å². The minimum Gasteiger partial charge on any atom is -0.352 e. The third-order valence-corrected chi connectivity index (χ3v) is 4.59. The van der Waals surface area contributed by atoms with Gasteiger partial charge in [-0.3, -0.25) is 4.79 Å². The molecule has 0 saturated carbocycles. The molecule has 1 aromatic carbocycles. The van der Waals surface area contributed by atoms with Gasteiger partial charge in [-0.15, -0.1) is 0 Å². The molecule has 1 amide bonds. The van der Waals surface area contributed by atoms with Crippen LogP contribution >= 0.6 is 0 Å². The highest BCUT2D eigenvalue weighted by molar-refractivity contribution is 5.96. The summed E-state index contributed by atoms with van der Waals surface area (Å²) in [5, 5.41) is 7.32. The number of pyridine rings is 1. The molecule has 0 unspecified atom stereocenters. The molecule has 28 heavy (non-hydrogen) atoms. The van der Waals surface area contributed by atoms with Gasteiger partial charge in [0.15, 0.2) is 5.65 Å². The number of rotatable bonds is 6. The predicted octanol–water partition coefficient (Wildman–Crippen LogP) is 3.17. The normalized spacial score (nSPS) is 11.2. The second-order valence-corrected chi connectivity index (χ2v) is 6.95. The van der Waals surface area contributed by atoms with E-state index in [9.17, 15) is 4.79 Å². The van der Waals surface area contributed by atoms with E-state index in [2.05, 4.69) is 34.2 Å². The molecule has 0 aliphatic carbocycles. The topological polar surface area (TPSA) is 77.6 Å². The molecule has 4 rings (SSSR count). The molecule has 1 N–H and O–H groups in total. The van der Waals surface area contributed by atoms with Crippen LogP contribution < -0.4 is 5.32 Å². The lowest BCUT2D eigenvalue weighted by molar-refractivity contribution is 0.0954. The van der Waals surface area contributed by atoms with Crippen LogP contribution in [0.5, 0.6) is 0 Å². The van der Waals surface area contributed by atoms with Crippen LogP contribution in [0, 0.1) is 0 Å². The molecule has 7 heteroatoms. The summed E-state index contributed by atoms with van der Waals surface area (Å²) in [7, 11) is 0. The molecule has 0 aliphatic heterocycles. The second-order valence-electron chi connectivity index (χ2n) is 6.95. The van der Waals surface area contributed by atoms with Crippen molar-refractivity contribution in [2.75, 3.05) is 6.54 Å². The minimum atomic E-state index is -0.149. The van der Waals surface area contributed by atoms with Crippen LogP contribution in [0.3, 0.4) is 0 Å². The largest absolute Gasteiger partial charge is 0.352 e. The zero-order valence-corrected chi connectivity index (χ0v) is 15.9. The summed E-state index contributed by atoms with van der Waals surface area (Å²) >= 11 is 0. The Morgan fingerprint density at radius 3 is 2.75 bits per heavy atom. The molecule has 0 atom stereocenters. The number of nitrogens with zero attached hydrogens (tertiary/aromatic N) is 5. The number of carbonyl (C=O) groups excluding carboxylic acids is 1. The number of benzene rings is 1. The number of imidazole rings is 1. The molecule has 0 radical (unpaired) electrons. The van der Waals surface area contributed by atoms with E-state index in [4.69, 9.17) is 0 Å². The first kappa shape index (κ1) is 17.9. The van der Waals surface area contributed by atoms with Crippen molar-refractivity contribution in [3.05, 3.63) is 72.4 Å². The number of nitrogens with one attached hydrogen (secondary N) is 1. The third-order valence-electron chi connectivity index (χ3n) is 4.59. The van der Waals surface area contributed by atoms with Gasteiger partial charge >= 0.3 is 0 Å². The monoisotopic (exact) mass is 374 g/mol. The molecule has 7 nitrogen and oxygen atoms in total. The fraction of sp³-hybridized carbons (Fsp3) is 0.238. The van der Waals surface area contributed by atoms with E-state index in [1.807, 2.05) is 52.0 Å². The van der Waals surface area contributed by atoms with Gasteiger partial charge in [0, 0.05) is 25.0 Å². The Labute approximate surface area is 163 Å². The molecule has 0 saturated heterocycles. The summed E-state index contributed by atoms with van der Waals surface area (Å²) < 4.78 is 3.82. The zero-order chi connectivity index (χ0) is 19.5. The Morgan fingerprint density at radius 1 is 1.14 bits per heavy atom. The summed E-state index contributed by atoms with van der Waals surface area (Å²) in [5.41, 5.74) is 4.11. The van der Waals surface area contributed by atoms with E-state index in [0.717, 1.165) is 22.4 Å². The van der Waals surface area contributed by atoms with Gasteiger partial charge in [-0.2, -0.15) is 5.10 Å². The van der Waals surface area contributed by atoms with Crippen molar-refractivity contribution in [1.29, 1.82) is 0 Å². The maximum atomic E-state index is 12.4. The summed E-state index contributed by atoms with van der Waals surface area (Å²) in [6.07, 6.45) is 7.87. The Bertz CT molecular complexity index is 1100. The van der Waals surface area contributed by atoms with E-state index in [0.29, 0.717) is 18.5 Å². The first-order valence-corrected chi connectivity index (χ1v) is 9.31. The number of hydrogen-bond donors (Lipinski definition) is 1. The minimum absolute atomic E-state index is 0.149. The molecule has 0 bridgehead atoms. The van der Waals surface area contributed by atoms with E-state index in [1.165, 1.54) is 0 Å². The van der Waals surface area contributed by atoms with Gasteiger partial charge < -0.3 is 9.88 Å². The van der Waals surface area contributed by atoms with Gasteiger partial charge in [-0.05, 0) is 44.0 Å². The highest BCUT2D eigenvalue weighted by Gasteiger charge is 2.11. The Morgan fingerprint density at radius 2 is 1.96 bits per heavy atom. The highest BCUT2D eigenvalue weighted by Crippen LogP contribution is 2.16. The van der Waals surface area contributed by atoms with Gasteiger partial charge in [0.25, 0.3) is 5.91 Å². The molecule has 3 heterocycles. The van der Waals surface area contributed by atoms with Crippen molar-refractivity contribution in [1.82, 2.24) is 29.6 Å². The van der Waals surface area contributed by atoms with Crippen molar-refractivity contribution in [2.24, 2.45) is 0 Å². The second kappa shape index (κ2) is 7.64. The van der Waals surface area contributed by atoms with Crippen molar-refractivity contribution in [2.45, 2.75) is 26.3 Å². The Kier molecular flexibility index (Phi) is 4.89. The average molecular weight is 374 g/mol. The summed E-state index contributed by atoms with van der Waals surface area (Å²) in [6, 6.07) is 12.0. The van der Waals surface area contributed by atoms with Gasteiger partial charge in [-0.25, -0.2) is 14.6 Å². The zero-order valence-electron chi connectivity index (χ0n) is 15.9. The summed E-state index contributed by atoms with van der Waals surface area (Å²) in [5.74, 6) is -0.149. The fourth-order valence-electron chi connectivity index (χ4n) is 3.05. The number of fused-ring (bicyclic) bond motifs is 1. The van der Waals surface area contributed by atoms with E-state index in [-0.39, 0.29) is 11.9 Å². The first-order valence-electron chi connectivity index (χ1n) is 9.31. The number of hydrogen-bond acceptors (Lipinski definition) is 4. The van der Waals surface area contributed by atoms with Crippen molar-refractivity contribution in [3.8, 4) is 5.69 Å². The van der Waals surface area contributed by atoms with E-state index >= 15 is 0 Å². The molecular weight excluding hydrogens is 352 g/mol.